The van der Waals surface area contributed by atoms with Crippen LogP contribution < -0.4 is 9.47 Å². The predicted octanol–water partition coefficient (Wildman–Crippen LogP) is 5.98. The fourth-order valence-electron chi connectivity index (χ4n) is 1.90. The van der Waals surface area contributed by atoms with E-state index in [1.165, 1.54) is 10.4 Å². The smallest absolute Gasteiger partial charge is 0.181 e. The van der Waals surface area contributed by atoms with E-state index in [0.717, 1.165) is 21.0 Å². The van der Waals surface area contributed by atoms with Crippen molar-refractivity contribution in [3.63, 3.8) is 0 Å². The maximum absolute atomic E-state index is 5.86. The maximum atomic E-state index is 5.86. The van der Waals surface area contributed by atoms with E-state index in [2.05, 4.69) is 34.1 Å². The Labute approximate surface area is 136 Å². The first-order chi connectivity index (χ1) is 10.2. The third kappa shape index (κ3) is 3.46. The van der Waals surface area contributed by atoms with E-state index in [1.54, 1.807) is 18.4 Å². The van der Waals surface area contributed by atoms with Crippen LogP contribution in [-0.4, -0.2) is 7.11 Å². The van der Waals surface area contributed by atoms with Crippen molar-refractivity contribution >= 4 is 27.3 Å². The molecule has 3 rings (SSSR count). The number of methoxy groups -OCH3 is 1. The van der Waals surface area contributed by atoms with Crippen LogP contribution in [0.2, 0.25) is 0 Å². The zero-order valence-electron chi connectivity index (χ0n) is 11.4. The van der Waals surface area contributed by atoms with Gasteiger partial charge in [0.05, 0.1) is 7.11 Å². The molecule has 0 amide bonds. The highest BCUT2D eigenvalue weighted by Gasteiger charge is 2.05. The number of hydrogen-bond acceptors (Lipinski definition) is 3. The van der Waals surface area contributed by atoms with Crippen LogP contribution in [0, 0.1) is 0 Å². The van der Waals surface area contributed by atoms with Gasteiger partial charge in [0.1, 0.15) is 11.5 Å². The third-order valence-electron chi connectivity index (χ3n) is 2.99. The Morgan fingerprint density at radius 3 is 2.14 bits per heavy atom. The van der Waals surface area contributed by atoms with Gasteiger partial charge < -0.3 is 9.47 Å². The van der Waals surface area contributed by atoms with Gasteiger partial charge in [-0.3, -0.25) is 0 Å². The van der Waals surface area contributed by atoms with Gasteiger partial charge in [0.2, 0.25) is 0 Å². The Morgan fingerprint density at radius 1 is 0.810 bits per heavy atom. The Hall–Kier alpha value is -1.78. The molecule has 0 unspecified atom stereocenters. The summed E-state index contributed by atoms with van der Waals surface area (Å²) in [4.78, 5) is 1.19. The van der Waals surface area contributed by atoms with Gasteiger partial charge in [0.15, 0.2) is 5.06 Å². The molecule has 0 fully saturated rings. The number of ether oxygens (including phenoxy) is 2. The van der Waals surface area contributed by atoms with Gasteiger partial charge in [-0.05, 0) is 54.1 Å². The summed E-state index contributed by atoms with van der Waals surface area (Å²) in [5.74, 6) is 1.63. The molecule has 3 aromatic rings. The molecule has 0 bridgehead atoms. The zero-order chi connectivity index (χ0) is 14.7. The number of halogens is 1. The fourth-order valence-corrected chi connectivity index (χ4v) is 3.05. The largest absolute Gasteiger partial charge is 0.497 e. The van der Waals surface area contributed by atoms with Gasteiger partial charge in [-0.2, -0.15) is 0 Å². The van der Waals surface area contributed by atoms with E-state index >= 15 is 0 Å². The molecule has 0 spiro atoms. The van der Waals surface area contributed by atoms with Gasteiger partial charge in [-0.15, -0.1) is 0 Å². The molecule has 4 heteroatoms. The average Bonchev–Trinajstić information content (AvgIpc) is 2.97. The molecular formula is C17H13BrO2S. The highest BCUT2D eigenvalue weighted by atomic mass is 79.9. The molecule has 2 nitrogen and oxygen atoms in total. The van der Waals surface area contributed by atoms with Gasteiger partial charge in [-0.1, -0.05) is 39.4 Å². The molecule has 0 atom stereocenters. The molecule has 21 heavy (non-hydrogen) atoms. The molecule has 0 aliphatic rings. The highest BCUT2D eigenvalue weighted by Crippen LogP contribution is 2.36. The van der Waals surface area contributed by atoms with Crippen molar-refractivity contribution in [3.8, 4) is 27.0 Å². The SMILES string of the molecule is COc1ccc(Oc2ccc(-c3ccc(Br)cc3)s2)cc1. The van der Waals surface area contributed by atoms with E-state index in [0.29, 0.717) is 0 Å². The molecule has 0 radical (unpaired) electrons. The average molecular weight is 361 g/mol. The van der Waals surface area contributed by atoms with Gasteiger partial charge in [-0.25, -0.2) is 0 Å². The molecule has 2 aromatic carbocycles. The summed E-state index contributed by atoms with van der Waals surface area (Å²) in [5.41, 5.74) is 1.19. The lowest BCUT2D eigenvalue weighted by Gasteiger charge is -2.04. The van der Waals surface area contributed by atoms with Crippen molar-refractivity contribution in [2.75, 3.05) is 7.11 Å². The normalized spacial score (nSPS) is 10.4. The molecular weight excluding hydrogens is 348 g/mol. The lowest BCUT2D eigenvalue weighted by Crippen LogP contribution is -1.83. The summed E-state index contributed by atoms with van der Waals surface area (Å²) in [5, 5.41) is 0.873. The molecule has 0 aliphatic carbocycles. The lowest BCUT2D eigenvalue weighted by atomic mass is 10.2. The van der Waals surface area contributed by atoms with Crippen molar-refractivity contribution in [3.05, 3.63) is 65.1 Å². The highest BCUT2D eigenvalue weighted by molar-refractivity contribution is 9.10. The quantitative estimate of drug-likeness (QED) is 0.569. The summed E-state index contributed by atoms with van der Waals surface area (Å²) in [7, 11) is 1.65. The molecule has 1 aromatic heterocycles. The van der Waals surface area contributed by atoms with E-state index in [4.69, 9.17) is 9.47 Å². The molecule has 0 saturated carbocycles. The van der Waals surface area contributed by atoms with Crippen LogP contribution in [0.4, 0.5) is 0 Å². The molecule has 0 saturated heterocycles. The second-order valence-electron chi connectivity index (χ2n) is 4.40. The number of thiophene rings is 1. The number of hydrogen-bond donors (Lipinski definition) is 0. The van der Waals surface area contributed by atoms with Crippen LogP contribution in [0.5, 0.6) is 16.6 Å². The van der Waals surface area contributed by atoms with Crippen molar-refractivity contribution in [1.82, 2.24) is 0 Å². The second-order valence-corrected chi connectivity index (χ2v) is 6.37. The molecule has 0 N–H and O–H groups in total. The van der Waals surface area contributed by atoms with Crippen LogP contribution in [0.3, 0.4) is 0 Å². The third-order valence-corrected chi connectivity index (χ3v) is 4.53. The second kappa shape index (κ2) is 6.33. The minimum absolute atomic E-state index is 0.806. The standard InChI is InChI=1S/C17H13BrO2S/c1-19-14-6-8-15(9-7-14)20-17-11-10-16(21-17)12-2-4-13(18)5-3-12/h2-11H,1H3. The molecule has 0 aliphatic heterocycles. The predicted molar refractivity (Wildman–Crippen MR) is 90.5 cm³/mol. The first-order valence-electron chi connectivity index (χ1n) is 6.42. The van der Waals surface area contributed by atoms with Crippen molar-refractivity contribution in [2.45, 2.75) is 0 Å². The Bertz CT molecular complexity index is 717. The van der Waals surface area contributed by atoms with Crippen LogP contribution in [-0.2, 0) is 0 Å². The van der Waals surface area contributed by atoms with E-state index in [-0.39, 0.29) is 0 Å². The van der Waals surface area contributed by atoms with Gasteiger partial charge in [0, 0.05) is 9.35 Å². The Kier molecular flexibility index (Phi) is 4.27. The first-order valence-corrected chi connectivity index (χ1v) is 8.03. The topological polar surface area (TPSA) is 18.5 Å². The molecule has 1 heterocycles. The van der Waals surface area contributed by atoms with Crippen molar-refractivity contribution < 1.29 is 9.47 Å². The summed E-state index contributed by atoms with van der Waals surface area (Å²) in [6.45, 7) is 0. The van der Waals surface area contributed by atoms with Crippen molar-refractivity contribution in [2.24, 2.45) is 0 Å². The summed E-state index contributed by atoms with van der Waals surface area (Å²) < 4.78 is 12.1. The van der Waals surface area contributed by atoms with E-state index in [1.807, 2.05) is 42.5 Å². The molecule has 106 valence electrons. The first kappa shape index (κ1) is 14.2. The number of benzene rings is 2. The van der Waals surface area contributed by atoms with Crippen molar-refractivity contribution in [1.29, 1.82) is 0 Å². The lowest BCUT2D eigenvalue weighted by molar-refractivity contribution is 0.413. The zero-order valence-corrected chi connectivity index (χ0v) is 13.8. The Morgan fingerprint density at radius 2 is 1.48 bits per heavy atom. The van der Waals surface area contributed by atoms with E-state index in [9.17, 15) is 0 Å². The van der Waals surface area contributed by atoms with Crippen LogP contribution >= 0.6 is 27.3 Å². The van der Waals surface area contributed by atoms with Gasteiger partial charge in [0.25, 0.3) is 0 Å². The fraction of sp³-hybridized carbons (Fsp3) is 0.0588. The van der Waals surface area contributed by atoms with Gasteiger partial charge >= 0.3 is 0 Å². The van der Waals surface area contributed by atoms with Crippen LogP contribution in [0.15, 0.2) is 65.1 Å². The van der Waals surface area contributed by atoms with Crippen LogP contribution in [0.1, 0.15) is 0 Å². The van der Waals surface area contributed by atoms with E-state index < -0.39 is 0 Å². The number of rotatable bonds is 4. The maximum Gasteiger partial charge on any atom is 0.181 e. The monoisotopic (exact) mass is 360 g/mol. The minimum Gasteiger partial charge on any atom is -0.497 e. The summed E-state index contributed by atoms with van der Waals surface area (Å²) in [6.07, 6.45) is 0. The van der Waals surface area contributed by atoms with Crippen LogP contribution in [0.25, 0.3) is 10.4 Å². The Balaban J connectivity index is 1.76. The summed E-state index contributed by atoms with van der Waals surface area (Å²) in [6, 6.07) is 19.9. The summed E-state index contributed by atoms with van der Waals surface area (Å²) >= 11 is 5.08. The minimum atomic E-state index is 0.806.